The number of nitrogens with zero attached hydrogens (tertiary/aromatic N) is 4. The molecule has 0 aliphatic carbocycles. The van der Waals surface area contributed by atoms with Crippen LogP contribution in [0.4, 0.5) is 0 Å². The van der Waals surface area contributed by atoms with Crippen LogP contribution in [0.15, 0.2) is 50.3 Å². The van der Waals surface area contributed by atoms with E-state index in [0.717, 1.165) is 0 Å². The number of benzene rings is 1. The van der Waals surface area contributed by atoms with Crippen LogP contribution < -0.4 is 0 Å². The average Bonchev–Trinajstić information content (AvgIpc) is 3.45. The highest BCUT2D eigenvalue weighted by atomic mass is 35.5. The Kier molecular flexibility index (Phi) is 6.60. The summed E-state index contributed by atoms with van der Waals surface area (Å²) in [7, 11) is -3.86. The molecule has 12 heteroatoms. The molecular weight excluding hydrogens is 460 g/mol. The van der Waals surface area contributed by atoms with Crippen LogP contribution in [0.2, 0.25) is 5.02 Å². The minimum Gasteiger partial charge on any atom is -0.460 e. The molecule has 2 aromatic heterocycles. The summed E-state index contributed by atoms with van der Waals surface area (Å²) >= 11 is 6.17. The summed E-state index contributed by atoms with van der Waals surface area (Å²) in [5.74, 6) is -0.0901. The van der Waals surface area contributed by atoms with Crippen LogP contribution in [0.1, 0.15) is 23.4 Å². The molecule has 32 heavy (non-hydrogen) atoms. The lowest BCUT2D eigenvalue weighted by molar-refractivity contribution is 0.0483. The van der Waals surface area contributed by atoms with Crippen LogP contribution in [0.25, 0.3) is 11.5 Å². The first-order chi connectivity index (χ1) is 15.4. The molecule has 0 unspecified atom stereocenters. The van der Waals surface area contributed by atoms with Gasteiger partial charge in [-0.2, -0.15) is 4.31 Å². The fourth-order valence-corrected chi connectivity index (χ4v) is 4.83. The lowest BCUT2D eigenvalue weighted by atomic mass is 10.2. The molecule has 4 rings (SSSR count). The molecule has 0 atom stereocenters. The van der Waals surface area contributed by atoms with Gasteiger partial charge in [0.15, 0.2) is 0 Å². The van der Waals surface area contributed by atoms with Crippen LogP contribution in [-0.2, 0) is 21.3 Å². The number of halogens is 1. The molecule has 1 saturated heterocycles. The highest BCUT2D eigenvalue weighted by Crippen LogP contribution is 2.27. The summed E-state index contributed by atoms with van der Waals surface area (Å²) in [6, 6.07) is 9.76. The second-order valence-electron chi connectivity index (χ2n) is 7.00. The summed E-state index contributed by atoms with van der Waals surface area (Å²) in [5, 5.41) is 8.36. The quantitative estimate of drug-likeness (QED) is 0.470. The zero-order valence-corrected chi connectivity index (χ0v) is 18.8. The summed E-state index contributed by atoms with van der Waals surface area (Å²) in [5.41, 5.74) is 0.657. The van der Waals surface area contributed by atoms with E-state index in [4.69, 9.17) is 25.2 Å². The van der Waals surface area contributed by atoms with E-state index in [-0.39, 0.29) is 30.5 Å². The fourth-order valence-electron chi connectivity index (χ4n) is 3.28. The van der Waals surface area contributed by atoms with Crippen molar-refractivity contribution in [3.63, 3.8) is 0 Å². The molecule has 3 heterocycles. The van der Waals surface area contributed by atoms with Gasteiger partial charge in [0.2, 0.25) is 22.6 Å². The Balaban J connectivity index is 1.36. The number of piperazine rings is 1. The number of carbonyl (C=O) groups is 1. The number of furan rings is 1. The first kappa shape index (κ1) is 22.5. The van der Waals surface area contributed by atoms with Gasteiger partial charge in [-0.3, -0.25) is 4.90 Å². The molecule has 1 aliphatic heterocycles. The van der Waals surface area contributed by atoms with E-state index in [0.29, 0.717) is 42.0 Å². The second-order valence-corrected chi connectivity index (χ2v) is 9.28. The topological polar surface area (TPSA) is 119 Å². The number of hydrogen-bond acceptors (Lipinski definition) is 9. The number of sulfonamides is 1. The molecule has 10 nitrogen and oxygen atoms in total. The Morgan fingerprint density at radius 3 is 2.56 bits per heavy atom. The monoisotopic (exact) mass is 480 g/mol. The fraction of sp³-hybridized carbons (Fsp3) is 0.350. The molecule has 1 fully saturated rings. The molecule has 0 N–H and O–H groups in total. The Hall–Kier alpha value is -2.73. The van der Waals surface area contributed by atoms with Gasteiger partial charge in [-0.1, -0.05) is 23.7 Å². The molecule has 0 radical (unpaired) electrons. The normalized spacial score (nSPS) is 15.7. The largest absolute Gasteiger partial charge is 0.460 e. The van der Waals surface area contributed by atoms with Crippen molar-refractivity contribution in [2.24, 2.45) is 0 Å². The third kappa shape index (κ3) is 4.70. The Labute approximate surface area is 189 Å². The first-order valence-corrected chi connectivity index (χ1v) is 11.8. The SMILES string of the molecule is CCOC(=O)c1ccc(S(=O)(=O)N2CCN(Cc3nnc(-c4ccccc4Cl)o3)CC2)o1. The molecule has 0 bridgehead atoms. The van der Waals surface area contributed by atoms with E-state index in [1.807, 2.05) is 17.0 Å². The highest BCUT2D eigenvalue weighted by Gasteiger charge is 2.32. The minimum absolute atomic E-state index is 0.144. The number of esters is 1. The third-order valence-corrected chi connectivity index (χ3v) is 7.02. The van der Waals surface area contributed by atoms with Gasteiger partial charge in [0.05, 0.1) is 23.7 Å². The van der Waals surface area contributed by atoms with Crippen molar-refractivity contribution in [2.45, 2.75) is 18.6 Å². The minimum atomic E-state index is -3.86. The zero-order chi connectivity index (χ0) is 22.7. The van der Waals surface area contributed by atoms with Gasteiger partial charge in [-0.15, -0.1) is 10.2 Å². The number of hydrogen-bond donors (Lipinski definition) is 0. The van der Waals surface area contributed by atoms with Gasteiger partial charge >= 0.3 is 5.97 Å². The third-order valence-electron chi connectivity index (χ3n) is 4.91. The molecule has 0 saturated carbocycles. The molecule has 0 spiro atoms. The number of aromatic nitrogens is 2. The lowest BCUT2D eigenvalue weighted by Crippen LogP contribution is -2.48. The van der Waals surface area contributed by atoms with Gasteiger partial charge in [-0.25, -0.2) is 13.2 Å². The Morgan fingerprint density at radius 2 is 1.84 bits per heavy atom. The van der Waals surface area contributed by atoms with Crippen molar-refractivity contribution < 1.29 is 26.8 Å². The van der Waals surface area contributed by atoms with Crippen molar-refractivity contribution in [3.8, 4) is 11.5 Å². The molecule has 1 aliphatic rings. The maximum absolute atomic E-state index is 12.8. The number of ether oxygens (including phenoxy) is 1. The molecule has 1 aromatic carbocycles. The predicted octanol–water partition coefficient (Wildman–Crippen LogP) is 2.67. The van der Waals surface area contributed by atoms with Crippen molar-refractivity contribution in [3.05, 3.63) is 53.1 Å². The summed E-state index contributed by atoms with van der Waals surface area (Å²) < 4.78 is 42.8. The smallest absolute Gasteiger partial charge is 0.374 e. The standard InChI is InChI=1S/C20H21ClN4O6S/c1-2-29-20(26)16-7-8-18(30-16)32(27,28)25-11-9-24(10-12-25)13-17-22-23-19(31-17)14-5-3-4-6-15(14)21/h3-8H,2,9-13H2,1H3. The molecular formula is C20H21ClN4O6S. The van der Waals surface area contributed by atoms with Crippen LogP contribution >= 0.6 is 11.6 Å². The molecule has 0 amide bonds. The summed E-state index contributed by atoms with van der Waals surface area (Å²) in [4.78, 5) is 13.7. The predicted molar refractivity (Wildman–Crippen MR) is 113 cm³/mol. The van der Waals surface area contributed by atoms with Gasteiger partial charge in [0, 0.05) is 26.2 Å². The van der Waals surface area contributed by atoms with Gasteiger partial charge in [-0.05, 0) is 31.2 Å². The van der Waals surface area contributed by atoms with Gasteiger partial charge in [0.25, 0.3) is 10.0 Å². The van der Waals surface area contributed by atoms with E-state index in [1.165, 1.54) is 16.4 Å². The molecule has 170 valence electrons. The Morgan fingerprint density at radius 1 is 1.09 bits per heavy atom. The van der Waals surface area contributed by atoms with Crippen LogP contribution in [-0.4, -0.2) is 66.6 Å². The Bertz CT molecular complexity index is 1200. The van der Waals surface area contributed by atoms with E-state index >= 15 is 0 Å². The van der Waals surface area contributed by atoms with Crippen molar-refractivity contribution in [2.75, 3.05) is 32.8 Å². The maximum Gasteiger partial charge on any atom is 0.374 e. The van der Waals surface area contributed by atoms with Crippen LogP contribution in [0, 0.1) is 0 Å². The van der Waals surface area contributed by atoms with Crippen molar-refractivity contribution in [1.29, 1.82) is 0 Å². The van der Waals surface area contributed by atoms with Gasteiger partial charge < -0.3 is 13.6 Å². The van der Waals surface area contributed by atoms with Gasteiger partial charge in [0.1, 0.15) is 0 Å². The average molecular weight is 481 g/mol. The first-order valence-electron chi connectivity index (χ1n) is 9.95. The highest BCUT2D eigenvalue weighted by molar-refractivity contribution is 7.89. The van der Waals surface area contributed by atoms with Crippen molar-refractivity contribution >= 4 is 27.6 Å². The maximum atomic E-state index is 12.8. The van der Waals surface area contributed by atoms with E-state index < -0.39 is 16.0 Å². The van der Waals surface area contributed by atoms with E-state index in [1.54, 1.807) is 19.1 Å². The summed E-state index contributed by atoms with van der Waals surface area (Å²) in [6.45, 7) is 3.65. The zero-order valence-electron chi connectivity index (χ0n) is 17.2. The number of carbonyl (C=O) groups excluding carboxylic acids is 1. The van der Waals surface area contributed by atoms with Crippen LogP contribution in [0.3, 0.4) is 0 Å². The summed E-state index contributed by atoms with van der Waals surface area (Å²) in [6.07, 6.45) is 0. The second kappa shape index (κ2) is 9.41. The lowest BCUT2D eigenvalue weighted by Gasteiger charge is -2.32. The van der Waals surface area contributed by atoms with Crippen molar-refractivity contribution in [1.82, 2.24) is 19.4 Å². The van der Waals surface area contributed by atoms with E-state index in [2.05, 4.69) is 10.2 Å². The number of rotatable bonds is 7. The van der Waals surface area contributed by atoms with E-state index in [9.17, 15) is 13.2 Å². The van der Waals surface area contributed by atoms with Crippen LogP contribution in [0.5, 0.6) is 0 Å². The molecule has 3 aromatic rings.